The molecule has 0 aliphatic carbocycles. The smallest absolute Gasteiger partial charge is 0.270 e. The molecule has 0 aliphatic rings. The molecular formula is C20H16N4O2S. The van der Waals surface area contributed by atoms with Crippen LogP contribution in [0.2, 0.25) is 0 Å². The lowest BCUT2D eigenvalue weighted by Crippen LogP contribution is -2.11. The minimum atomic E-state index is -0.213. The van der Waals surface area contributed by atoms with Crippen LogP contribution in [0.4, 0.5) is 5.13 Å². The molecular weight excluding hydrogens is 360 g/mol. The highest BCUT2D eigenvalue weighted by Gasteiger charge is 2.21. The van der Waals surface area contributed by atoms with Crippen LogP contribution in [0.3, 0.4) is 0 Å². The van der Waals surface area contributed by atoms with E-state index in [0.29, 0.717) is 34.5 Å². The van der Waals surface area contributed by atoms with Crippen LogP contribution < -0.4 is 5.32 Å². The average molecular weight is 376 g/mol. The minimum absolute atomic E-state index is 0.213. The fourth-order valence-corrected chi connectivity index (χ4v) is 3.46. The summed E-state index contributed by atoms with van der Waals surface area (Å²) in [5.41, 5.74) is 2.19. The van der Waals surface area contributed by atoms with E-state index in [9.17, 15) is 4.79 Å². The summed E-state index contributed by atoms with van der Waals surface area (Å²) in [7, 11) is 0. The molecule has 27 heavy (non-hydrogen) atoms. The maximum Gasteiger partial charge on any atom is 0.270 e. The van der Waals surface area contributed by atoms with Gasteiger partial charge in [-0.2, -0.15) is 4.98 Å². The maximum absolute atomic E-state index is 12.5. The Bertz CT molecular complexity index is 1060. The van der Waals surface area contributed by atoms with Crippen LogP contribution in [0.25, 0.3) is 22.0 Å². The monoisotopic (exact) mass is 376 g/mol. The van der Waals surface area contributed by atoms with Crippen LogP contribution in [0.5, 0.6) is 0 Å². The molecule has 0 saturated heterocycles. The molecule has 0 bridgehead atoms. The topological polar surface area (TPSA) is 80.9 Å². The van der Waals surface area contributed by atoms with Gasteiger partial charge in [-0.3, -0.25) is 10.1 Å². The molecule has 7 heteroatoms. The fraction of sp³-hybridized carbons (Fsp3) is 0.100. The quantitative estimate of drug-likeness (QED) is 0.547. The van der Waals surface area contributed by atoms with E-state index < -0.39 is 0 Å². The molecule has 4 aromatic rings. The van der Waals surface area contributed by atoms with Crippen LogP contribution in [0, 0.1) is 0 Å². The highest BCUT2D eigenvalue weighted by atomic mass is 32.1. The van der Waals surface area contributed by atoms with Gasteiger partial charge in [0.2, 0.25) is 0 Å². The lowest BCUT2D eigenvalue weighted by Gasteiger charge is -2.00. The first-order chi connectivity index (χ1) is 13.2. The molecule has 0 atom stereocenters. The van der Waals surface area contributed by atoms with Gasteiger partial charge in [0.05, 0.1) is 5.69 Å². The second kappa shape index (κ2) is 7.51. The zero-order valence-electron chi connectivity index (χ0n) is 14.5. The Morgan fingerprint density at radius 3 is 2.41 bits per heavy atom. The summed E-state index contributed by atoms with van der Waals surface area (Å²) in [6, 6.07) is 18.8. The van der Waals surface area contributed by atoms with Crippen LogP contribution >= 0.6 is 11.3 Å². The van der Waals surface area contributed by atoms with E-state index in [-0.39, 0.29) is 5.91 Å². The predicted octanol–water partition coefficient (Wildman–Crippen LogP) is 4.67. The normalized spacial score (nSPS) is 10.7. The second-order valence-electron chi connectivity index (χ2n) is 5.75. The number of thiazole rings is 1. The molecule has 2 aromatic carbocycles. The van der Waals surface area contributed by atoms with Crippen molar-refractivity contribution in [1.82, 2.24) is 15.1 Å². The number of nitrogens with one attached hydrogen (secondary N) is 1. The number of aromatic nitrogens is 3. The van der Waals surface area contributed by atoms with Crippen LogP contribution in [0.1, 0.15) is 23.1 Å². The van der Waals surface area contributed by atoms with Gasteiger partial charge in [0.15, 0.2) is 11.0 Å². The largest absolute Gasteiger partial charge is 0.333 e. The zero-order valence-corrected chi connectivity index (χ0v) is 15.4. The van der Waals surface area contributed by atoms with Crippen molar-refractivity contribution >= 4 is 22.4 Å². The molecule has 134 valence electrons. The number of hydrogen-bond donors (Lipinski definition) is 1. The second-order valence-corrected chi connectivity index (χ2v) is 6.75. The van der Waals surface area contributed by atoms with E-state index in [1.807, 2.05) is 55.5 Å². The van der Waals surface area contributed by atoms with Crippen LogP contribution in [-0.4, -0.2) is 21.0 Å². The van der Waals surface area contributed by atoms with E-state index in [1.165, 1.54) is 11.3 Å². The molecule has 1 N–H and O–H groups in total. The number of hydrogen-bond acceptors (Lipinski definition) is 6. The SMILES string of the molecule is CCc1noc(-c2sc(NC(=O)c3ccccc3)nc2-c2ccccc2)n1. The molecule has 0 spiro atoms. The van der Waals surface area contributed by atoms with Gasteiger partial charge in [-0.25, -0.2) is 4.98 Å². The van der Waals surface area contributed by atoms with Crippen LogP contribution in [0.15, 0.2) is 65.2 Å². The third-order valence-corrected chi connectivity index (χ3v) is 4.87. The van der Waals surface area contributed by atoms with Crippen molar-refractivity contribution < 1.29 is 9.32 Å². The Hall–Kier alpha value is -3.32. The Morgan fingerprint density at radius 1 is 1.04 bits per heavy atom. The van der Waals surface area contributed by atoms with Gasteiger partial charge < -0.3 is 4.52 Å². The molecule has 0 radical (unpaired) electrons. The van der Waals surface area contributed by atoms with E-state index in [4.69, 9.17) is 4.52 Å². The van der Waals surface area contributed by atoms with Crippen molar-refractivity contribution in [3.05, 3.63) is 72.1 Å². The predicted molar refractivity (Wildman–Crippen MR) is 105 cm³/mol. The summed E-state index contributed by atoms with van der Waals surface area (Å²) in [4.78, 5) is 22.2. The summed E-state index contributed by atoms with van der Waals surface area (Å²) in [6.07, 6.45) is 0.681. The van der Waals surface area contributed by atoms with Gasteiger partial charge in [-0.05, 0) is 12.1 Å². The van der Waals surface area contributed by atoms with E-state index >= 15 is 0 Å². The number of aryl methyl sites for hydroxylation is 1. The molecule has 0 fully saturated rings. The average Bonchev–Trinajstić information content (AvgIpc) is 3.36. The minimum Gasteiger partial charge on any atom is -0.333 e. The third kappa shape index (κ3) is 3.63. The lowest BCUT2D eigenvalue weighted by molar-refractivity contribution is 0.102. The van der Waals surface area contributed by atoms with E-state index in [2.05, 4.69) is 20.4 Å². The Kier molecular flexibility index (Phi) is 4.76. The molecule has 4 rings (SSSR count). The molecule has 0 saturated carbocycles. The summed E-state index contributed by atoms with van der Waals surface area (Å²) < 4.78 is 5.40. The summed E-state index contributed by atoms with van der Waals surface area (Å²) in [6.45, 7) is 1.96. The van der Waals surface area contributed by atoms with Crippen molar-refractivity contribution in [3.63, 3.8) is 0 Å². The Balaban J connectivity index is 1.72. The number of rotatable bonds is 5. The summed E-state index contributed by atoms with van der Waals surface area (Å²) in [5.74, 6) is 0.825. The van der Waals surface area contributed by atoms with Gasteiger partial charge in [-0.1, -0.05) is 71.9 Å². The van der Waals surface area contributed by atoms with Gasteiger partial charge in [-0.15, -0.1) is 0 Å². The summed E-state index contributed by atoms with van der Waals surface area (Å²) >= 11 is 1.31. The lowest BCUT2D eigenvalue weighted by atomic mass is 10.1. The number of anilines is 1. The van der Waals surface area contributed by atoms with E-state index in [1.54, 1.807) is 12.1 Å². The van der Waals surface area contributed by atoms with E-state index in [0.717, 1.165) is 10.4 Å². The third-order valence-electron chi connectivity index (χ3n) is 3.91. The molecule has 2 aromatic heterocycles. The molecule has 6 nitrogen and oxygen atoms in total. The highest BCUT2D eigenvalue weighted by molar-refractivity contribution is 7.19. The van der Waals surface area contributed by atoms with Crippen molar-refractivity contribution in [2.75, 3.05) is 5.32 Å². The first-order valence-corrected chi connectivity index (χ1v) is 9.32. The number of carbonyl (C=O) groups excluding carboxylic acids is 1. The van der Waals surface area contributed by atoms with Crippen molar-refractivity contribution in [2.45, 2.75) is 13.3 Å². The number of carbonyl (C=O) groups is 1. The molecule has 1 amide bonds. The Morgan fingerprint density at radius 2 is 1.74 bits per heavy atom. The number of amides is 1. The Labute approximate surface area is 159 Å². The van der Waals surface area contributed by atoms with Gasteiger partial charge in [0.25, 0.3) is 11.8 Å². The van der Waals surface area contributed by atoms with Gasteiger partial charge in [0, 0.05) is 17.5 Å². The van der Waals surface area contributed by atoms with Crippen molar-refractivity contribution in [3.8, 4) is 22.0 Å². The van der Waals surface area contributed by atoms with Crippen LogP contribution in [-0.2, 0) is 6.42 Å². The zero-order chi connectivity index (χ0) is 18.6. The first kappa shape index (κ1) is 17.1. The van der Waals surface area contributed by atoms with Crippen molar-refractivity contribution in [2.24, 2.45) is 0 Å². The summed E-state index contributed by atoms with van der Waals surface area (Å²) in [5, 5.41) is 7.31. The van der Waals surface area contributed by atoms with Gasteiger partial charge in [0.1, 0.15) is 4.88 Å². The highest BCUT2D eigenvalue weighted by Crippen LogP contribution is 2.38. The first-order valence-electron chi connectivity index (χ1n) is 8.50. The number of nitrogens with zero attached hydrogens (tertiary/aromatic N) is 3. The fourth-order valence-electron chi connectivity index (χ4n) is 2.56. The maximum atomic E-state index is 12.5. The molecule has 0 unspecified atom stereocenters. The number of benzene rings is 2. The van der Waals surface area contributed by atoms with Crippen molar-refractivity contribution in [1.29, 1.82) is 0 Å². The molecule has 0 aliphatic heterocycles. The van der Waals surface area contributed by atoms with Gasteiger partial charge >= 0.3 is 0 Å². The standard InChI is InChI=1S/C20H16N4O2S/c1-2-15-21-19(26-24-15)17-16(13-9-5-3-6-10-13)22-20(27-17)23-18(25)14-11-7-4-8-12-14/h3-12H,2H2,1H3,(H,22,23,25). The molecule has 2 heterocycles.